The first kappa shape index (κ1) is 14.8. The Morgan fingerprint density at radius 3 is 2.78 bits per heavy atom. The van der Waals surface area contributed by atoms with Crippen LogP contribution < -0.4 is 5.32 Å². The van der Waals surface area contributed by atoms with Crippen LogP contribution in [0.4, 0.5) is 4.79 Å². The number of carbonyl (C=O) groups excluding carboxylic acids is 1. The zero-order valence-corrected chi connectivity index (χ0v) is 11.0. The van der Waals surface area contributed by atoms with Crippen LogP contribution >= 0.6 is 0 Å². The summed E-state index contributed by atoms with van der Waals surface area (Å²) in [7, 11) is 1.68. The summed E-state index contributed by atoms with van der Waals surface area (Å²) in [6, 6.07) is -1.16. The SMILES string of the molecule is CCC(NC(=O)N(C)CC1CCCOC1)C(=O)O. The predicted molar refractivity (Wildman–Crippen MR) is 66.4 cm³/mol. The van der Waals surface area contributed by atoms with E-state index in [4.69, 9.17) is 9.84 Å². The number of carbonyl (C=O) groups is 2. The third kappa shape index (κ3) is 4.52. The first-order valence-corrected chi connectivity index (χ1v) is 6.36. The third-order valence-electron chi connectivity index (χ3n) is 3.14. The van der Waals surface area contributed by atoms with E-state index in [9.17, 15) is 9.59 Å². The highest BCUT2D eigenvalue weighted by Gasteiger charge is 2.22. The van der Waals surface area contributed by atoms with E-state index < -0.39 is 12.0 Å². The molecule has 6 nitrogen and oxygen atoms in total. The van der Waals surface area contributed by atoms with Gasteiger partial charge in [0.05, 0.1) is 6.61 Å². The highest BCUT2D eigenvalue weighted by atomic mass is 16.5. The van der Waals surface area contributed by atoms with Gasteiger partial charge in [-0.15, -0.1) is 0 Å². The predicted octanol–water partition coefficient (Wildman–Crippen LogP) is 0.918. The topological polar surface area (TPSA) is 78.9 Å². The quantitative estimate of drug-likeness (QED) is 0.768. The van der Waals surface area contributed by atoms with Gasteiger partial charge in [-0.05, 0) is 19.3 Å². The van der Waals surface area contributed by atoms with Crippen LogP contribution in [-0.4, -0.2) is 54.9 Å². The van der Waals surface area contributed by atoms with Crippen LogP contribution in [0.1, 0.15) is 26.2 Å². The van der Waals surface area contributed by atoms with E-state index in [1.165, 1.54) is 4.90 Å². The van der Waals surface area contributed by atoms with Crippen LogP contribution in [-0.2, 0) is 9.53 Å². The number of amides is 2. The van der Waals surface area contributed by atoms with Crippen molar-refractivity contribution in [3.05, 3.63) is 0 Å². The lowest BCUT2D eigenvalue weighted by molar-refractivity contribution is -0.139. The molecule has 1 heterocycles. The smallest absolute Gasteiger partial charge is 0.326 e. The van der Waals surface area contributed by atoms with Crippen molar-refractivity contribution in [2.75, 3.05) is 26.8 Å². The van der Waals surface area contributed by atoms with E-state index in [0.29, 0.717) is 25.5 Å². The lowest BCUT2D eigenvalue weighted by atomic mass is 10.0. The molecule has 104 valence electrons. The van der Waals surface area contributed by atoms with E-state index >= 15 is 0 Å². The minimum atomic E-state index is -1.000. The molecule has 0 saturated carbocycles. The molecule has 1 rings (SSSR count). The Hall–Kier alpha value is -1.30. The van der Waals surface area contributed by atoms with Gasteiger partial charge in [0.1, 0.15) is 6.04 Å². The van der Waals surface area contributed by atoms with E-state index in [1.807, 2.05) is 0 Å². The summed E-state index contributed by atoms with van der Waals surface area (Å²) in [6.07, 6.45) is 2.45. The number of urea groups is 1. The van der Waals surface area contributed by atoms with E-state index in [1.54, 1.807) is 14.0 Å². The van der Waals surface area contributed by atoms with Gasteiger partial charge in [0.2, 0.25) is 0 Å². The minimum Gasteiger partial charge on any atom is -0.480 e. The maximum Gasteiger partial charge on any atom is 0.326 e. The molecule has 1 aliphatic heterocycles. The lowest BCUT2D eigenvalue weighted by Crippen LogP contribution is -2.48. The van der Waals surface area contributed by atoms with E-state index in [-0.39, 0.29) is 6.03 Å². The van der Waals surface area contributed by atoms with E-state index in [0.717, 1.165) is 19.4 Å². The molecule has 0 bridgehead atoms. The molecule has 0 aromatic rings. The van der Waals surface area contributed by atoms with Crippen molar-refractivity contribution in [3.63, 3.8) is 0 Å². The number of nitrogens with one attached hydrogen (secondary N) is 1. The molecule has 2 amide bonds. The zero-order valence-electron chi connectivity index (χ0n) is 11.0. The molecular weight excluding hydrogens is 236 g/mol. The maximum absolute atomic E-state index is 11.8. The number of carboxylic acid groups (broad SMARTS) is 1. The summed E-state index contributed by atoms with van der Waals surface area (Å²) in [5.74, 6) is -0.653. The molecule has 0 aliphatic carbocycles. The average Bonchev–Trinajstić information content (AvgIpc) is 2.36. The van der Waals surface area contributed by atoms with Gasteiger partial charge in [0, 0.05) is 26.1 Å². The molecule has 0 aromatic carbocycles. The monoisotopic (exact) mass is 258 g/mol. The Morgan fingerprint density at radius 1 is 1.56 bits per heavy atom. The molecule has 2 atom stereocenters. The van der Waals surface area contributed by atoms with Crippen molar-refractivity contribution < 1.29 is 19.4 Å². The summed E-state index contributed by atoms with van der Waals surface area (Å²) in [5.41, 5.74) is 0. The Balaban J connectivity index is 2.37. The Kier molecular flexibility index (Phi) is 5.91. The largest absolute Gasteiger partial charge is 0.480 e. The molecule has 2 unspecified atom stereocenters. The molecule has 0 radical (unpaired) electrons. The first-order valence-electron chi connectivity index (χ1n) is 6.36. The van der Waals surface area contributed by atoms with Crippen molar-refractivity contribution in [1.82, 2.24) is 10.2 Å². The Morgan fingerprint density at radius 2 is 2.28 bits per heavy atom. The van der Waals surface area contributed by atoms with Gasteiger partial charge >= 0.3 is 12.0 Å². The number of hydrogen-bond acceptors (Lipinski definition) is 3. The summed E-state index contributed by atoms with van der Waals surface area (Å²) >= 11 is 0. The summed E-state index contributed by atoms with van der Waals surface area (Å²) in [5, 5.41) is 11.4. The van der Waals surface area contributed by atoms with Gasteiger partial charge in [0.15, 0.2) is 0 Å². The number of nitrogens with zero attached hydrogens (tertiary/aromatic N) is 1. The van der Waals surface area contributed by atoms with Crippen molar-refractivity contribution in [2.45, 2.75) is 32.2 Å². The highest BCUT2D eigenvalue weighted by molar-refractivity contribution is 5.82. The van der Waals surface area contributed by atoms with Crippen LogP contribution in [0, 0.1) is 5.92 Å². The number of aliphatic carboxylic acids is 1. The fourth-order valence-corrected chi connectivity index (χ4v) is 2.02. The Labute approximate surface area is 107 Å². The molecule has 1 aliphatic rings. The normalized spacial score (nSPS) is 21.1. The van der Waals surface area contributed by atoms with Crippen molar-refractivity contribution in [2.24, 2.45) is 5.92 Å². The molecule has 2 N–H and O–H groups in total. The third-order valence-corrected chi connectivity index (χ3v) is 3.14. The molecular formula is C12H22N2O4. The Bertz CT molecular complexity index is 290. The summed E-state index contributed by atoms with van der Waals surface area (Å²) < 4.78 is 5.35. The number of rotatable bonds is 5. The van der Waals surface area contributed by atoms with Crippen LogP contribution in [0.15, 0.2) is 0 Å². The van der Waals surface area contributed by atoms with Gasteiger partial charge in [-0.2, -0.15) is 0 Å². The van der Waals surface area contributed by atoms with Crippen LogP contribution in [0.5, 0.6) is 0 Å². The molecule has 1 saturated heterocycles. The van der Waals surface area contributed by atoms with Crippen molar-refractivity contribution in [1.29, 1.82) is 0 Å². The fraction of sp³-hybridized carbons (Fsp3) is 0.833. The van der Waals surface area contributed by atoms with Crippen LogP contribution in [0.2, 0.25) is 0 Å². The molecule has 1 fully saturated rings. The lowest BCUT2D eigenvalue weighted by Gasteiger charge is -2.28. The van der Waals surface area contributed by atoms with Gasteiger partial charge in [-0.25, -0.2) is 9.59 Å². The van der Waals surface area contributed by atoms with Crippen molar-refractivity contribution in [3.8, 4) is 0 Å². The maximum atomic E-state index is 11.8. The van der Waals surface area contributed by atoms with Gasteiger partial charge < -0.3 is 20.1 Å². The molecule has 18 heavy (non-hydrogen) atoms. The second-order valence-electron chi connectivity index (χ2n) is 4.71. The zero-order chi connectivity index (χ0) is 13.5. The van der Waals surface area contributed by atoms with Crippen LogP contribution in [0.3, 0.4) is 0 Å². The minimum absolute atomic E-state index is 0.338. The van der Waals surface area contributed by atoms with Gasteiger partial charge in [-0.3, -0.25) is 0 Å². The van der Waals surface area contributed by atoms with Crippen molar-refractivity contribution >= 4 is 12.0 Å². The standard InChI is InChI=1S/C12H22N2O4/c1-3-10(11(15)16)13-12(17)14(2)7-9-5-4-6-18-8-9/h9-10H,3-8H2,1-2H3,(H,13,17)(H,15,16). The highest BCUT2D eigenvalue weighted by Crippen LogP contribution is 2.14. The molecule has 0 aromatic heterocycles. The van der Waals surface area contributed by atoms with E-state index in [2.05, 4.69) is 5.32 Å². The number of hydrogen-bond donors (Lipinski definition) is 2. The average molecular weight is 258 g/mol. The summed E-state index contributed by atoms with van der Waals surface area (Å²) in [6.45, 7) is 3.80. The fourth-order valence-electron chi connectivity index (χ4n) is 2.02. The molecule has 6 heteroatoms. The second kappa shape index (κ2) is 7.20. The second-order valence-corrected chi connectivity index (χ2v) is 4.71. The first-order chi connectivity index (χ1) is 8.54. The molecule has 0 spiro atoms. The van der Waals surface area contributed by atoms with Gasteiger partial charge in [-0.1, -0.05) is 6.92 Å². The summed E-state index contributed by atoms with van der Waals surface area (Å²) in [4.78, 5) is 24.2. The van der Waals surface area contributed by atoms with Gasteiger partial charge in [0.25, 0.3) is 0 Å². The van der Waals surface area contributed by atoms with Crippen LogP contribution in [0.25, 0.3) is 0 Å². The number of ether oxygens (including phenoxy) is 1. The number of carboxylic acids is 1.